The summed E-state index contributed by atoms with van der Waals surface area (Å²) >= 11 is 1.44. The minimum absolute atomic E-state index is 0.282. The lowest BCUT2D eigenvalue weighted by molar-refractivity contribution is -0.140. The number of thioether (sulfide) groups is 1. The van der Waals surface area contributed by atoms with Gasteiger partial charge in [0, 0.05) is 11.3 Å². The van der Waals surface area contributed by atoms with Crippen molar-refractivity contribution >= 4 is 23.6 Å². The van der Waals surface area contributed by atoms with Gasteiger partial charge in [0.25, 0.3) is 5.91 Å². The quantitative estimate of drug-likeness (QED) is 0.868. The van der Waals surface area contributed by atoms with Gasteiger partial charge in [0.1, 0.15) is 12.4 Å². The van der Waals surface area contributed by atoms with Crippen molar-refractivity contribution in [3.05, 3.63) is 36.2 Å². The van der Waals surface area contributed by atoms with Crippen LogP contribution in [0.2, 0.25) is 0 Å². The number of hydrogen-bond donors (Lipinski definition) is 1. The topological polar surface area (TPSA) is 101 Å². The maximum Gasteiger partial charge on any atom is 0.327 e. The highest BCUT2D eigenvalue weighted by atomic mass is 32.2. The number of carboxylic acid groups (broad SMARTS) is 1. The lowest BCUT2D eigenvalue weighted by Crippen LogP contribution is -2.41. The van der Waals surface area contributed by atoms with Crippen molar-refractivity contribution in [2.75, 3.05) is 11.6 Å². The Morgan fingerprint density at radius 2 is 2.05 bits per heavy atom. The van der Waals surface area contributed by atoms with E-state index in [-0.39, 0.29) is 5.91 Å². The molecule has 1 aliphatic heterocycles. The standard InChI is InChI=1S/C12H11N5O3S/c18-11(16-7-21-5-10(16)12(19)20)8-1-3-9(4-2-8)17-6-13-14-15-17/h1-4,6,10H,5,7H2,(H,19,20). The van der Waals surface area contributed by atoms with Crippen LogP contribution in [0.25, 0.3) is 5.69 Å². The molecule has 2 aromatic rings. The van der Waals surface area contributed by atoms with Crippen LogP contribution >= 0.6 is 11.8 Å². The molecule has 1 aromatic heterocycles. The molecule has 2 heterocycles. The van der Waals surface area contributed by atoms with Crippen LogP contribution in [0.15, 0.2) is 30.6 Å². The van der Waals surface area contributed by atoms with Gasteiger partial charge in [-0.25, -0.2) is 9.48 Å². The second-order valence-corrected chi connectivity index (χ2v) is 5.43. The van der Waals surface area contributed by atoms with E-state index in [1.807, 2.05) is 0 Å². The molecule has 108 valence electrons. The highest BCUT2D eigenvalue weighted by Crippen LogP contribution is 2.23. The number of aromatic nitrogens is 4. The van der Waals surface area contributed by atoms with E-state index in [1.165, 1.54) is 27.7 Å². The Morgan fingerprint density at radius 3 is 2.67 bits per heavy atom. The zero-order valence-corrected chi connectivity index (χ0v) is 11.6. The predicted octanol–water partition coefficient (Wildman–Crippen LogP) is 0.262. The Labute approximate surface area is 123 Å². The van der Waals surface area contributed by atoms with E-state index < -0.39 is 12.0 Å². The Hall–Kier alpha value is -2.42. The molecule has 1 amide bonds. The monoisotopic (exact) mass is 305 g/mol. The molecule has 0 saturated carbocycles. The molecule has 1 N–H and O–H groups in total. The molecule has 0 spiro atoms. The third-order valence-electron chi connectivity index (χ3n) is 3.16. The summed E-state index contributed by atoms with van der Waals surface area (Å²) in [5, 5.41) is 19.9. The molecule has 21 heavy (non-hydrogen) atoms. The van der Waals surface area contributed by atoms with Crippen LogP contribution < -0.4 is 0 Å². The molecule has 1 atom stereocenters. The van der Waals surface area contributed by atoms with Crippen molar-refractivity contribution in [1.29, 1.82) is 0 Å². The highest BCUT2D eigenvalue weighted by molar-refractivity contribution is 7.99. The molecule has 1 aliphatic rings. The number of aliphatic carboxylic acids is 1. The van der Waals surface area contributed by atoms with Gasteiger partial charge in [0.15, 0.2) is 0 Å². The fourth-order valence-corrected chi connectivity index (χ4v) is 3.19. The summed E-state index contributed by atoms with van der Waals surface area (Å²) in [6.07, 6.45) is 1.45. The lowest BCUT2D eigenvalue weighted by atomic mass is 10.1. The summed E-state index contributed by atoms with van der Waals surface area (Å²) in [6, 6.07) is 5.94. The van der Waals surface area contributed by atoms with E-state index >= 15 is 0 Å². The molecule has 1 saturated heterocycles. The van der Waals surface area contributed by atoms with Crippen molar-refractivity contribution < 1.29 is 14.7 Å². The Balaban J connectivity index is 1.80. The Bertz CT molecular complexity index is 658. The van der Waals surface area contributed by atoms with Crippen LogP contribution in [0.1, 0.15) is 10.4 Å². The first-order valence-corrected chi connectivity index (χ1v) is 7.27. The number of carboxylic acids is 1. The molecule has 9 heteroatoms. The van der Waals surface area contributed by atoms with Crippen molar-refractivity contribution in [2.45, 2.75) is 6.04 Å². The number of hydrogen-bond acceptors (Lipinski definition) is 6. The van der Waals surface area contributed by atoms with E-state index in [2.05, 4.69) is 15.5 Å². The third kappa shape index (κ3) is 2.59. The van der Waals surface area contributed by atoms with E-state index in [4.69, 9.17) is 5.11 Å². The number of carbonyl (C=O) groups is 2. The van der Waals surface area contributed by atoms with Gasteiger partial charge < -0.3 is 10.0 Å². The van der Waals surface area contributed by atoms with Gasteiger partial charge in [-0.15, -0.1) is 16.9 Å². The first kappa shape index (κ1) is 13.6. The zero-order valence-electron chi connectivity index (χ0n) is 10.8. The molecular formula is C12H11N5O3S. The summed E-state index contributed by atoms with van der Waals surface area (Å²) in [4.78, 5) is 24.9. The lowest BCUT2D eigenvalue weighted by Gasteiger charge is -2.20. The van der Waals surface area contributed by atoms with E-state index in [0.717, 1.165) is 5.69 Å². The first-order chi connectivity index (χ1) is 10.2. The number of amides is 1. The van der Waals surface area contributed by atoms with Crippen molar-refractivity contribution in [2.24, 2.45) is 0 Å². The fraction of sp³-hybridized carbons (Fsp3) is 0.250. The number of benzene rings is 1. The largest absolute Gasteiger partial charge is 0.480 e. The first-order valence-electron chi connectivity index (χ1n) is 6.12. The van der Waals surface area contributed by atoms with Gasteiger partial charge in [0.05, 0.1) is 11.6 Å². The molecule has 0 bridgehead atoms. The molecular weight excluding hydrogens is 294 g/mol. The van der Waals surface area contributed by atoms with Gasteiger partial charge in [0.2, 0.25) is 0 Å². The van der Waals surface area contributed by atoms with Crippen molar-refractivity contribution in [3.8, 4) is 5.69 Å². The van der Waals surface area contributed by atoms with Crippen LogP contribution in [0.4, 0.5) is 0 Å². The maximum absolute atomic E-state index is 12.4. The normalized spacial score (nSPS) is 17.9. The second-order valence-electron chi connectivity index (χ2n) is 4.43. The third-order valence-corrected chi connectivity index (χ3v) is 4.17. The van der Waals surface area contributed by atoms with Gasteiger partial charge in [-0.3, -0.25) is 4.79 Å². The number of rotatable bonds is 3. The second kappa shape index (κ2) is 5.52. The minimum Gasteiger partial charge on any atom is -0.480 e. The summed E-state index contributed by atoms with van der Waals surface area (Å²) in [5.41, 5.74) is 1.17. The zero-order chi connectivity index (χ0) is 14.8. The summed E-state index contributed by atoms with van der Waals surface area (Å²) in [6.45, 7) is 0. The average molecular weight is 305 g/mol. The highest BCUT2D eigenvalue weighted by Gasteiger charge is 2.34. The number of tetrazole rings is 1. The van der Waals surface area contributed by atoms with Crippen LogP contribution in [0.5, 0.6) is 0 Å². The fourth-order valence-electron chi connectivity index (χ4n) is 2.05. The van der Waals surface area contributed by atoms with Gasteiger partial charge in [-0.05, 0) is 34.7 Å². The Kier molecular flexibility index (Phi) is 3.57. The van der Waals surface area contributed by atoms with Crippen LogP contribution in [0, 0.1) is 0 Å². The van der Waals surface area contributed by atoms with Crippen molar-refractivity contribution in [1.82, 2.24) is 25.1 Å². The van der Waals surface area contributed by atoms with Crippen LogP contribution in [-0.2, 0) is 4.79 Å². The van der Waals surface area contributed by atoms with Crippen LogP contribution in [-0.4, -0.2) is 59.8 Å². The minimum atomic E-state index is -0.973. The number of nitrogens with zero attached hydrogens (tertiary/aromatic N) is 5. The van der Waals surface area contributed by atoms with E-state index in [0.29, 0.717) is 17.2 Å². The number of carbonyl (C=O) groups excluding carboxylic acids is 1. The smallest absolute Gasteiger partial charge is 0.327 e. The molecule has 3 rings (SSSR count). The van der Waals surface area contributed by atoms with Crippen molar-refractivity contribution in [3.63, 3.8) is 0 Å². The molecule has 8 nitrogen and oxygen atoms in total. The van der Waals surface area contributed by atoms with Gasteiger partial charge in [-0.1, -0.05) is 0 Å². The Morgan fingerprint density at radius 1 is 1.29 bits per heavy atom. The molecule has 0 radical (unpaired) electrons. The molecule has 0 aliphatic carbocycles. The molecule has 1 unspecified atom stereocenters. The molecule has 1 fully saturated rings. The maximum atomic E-state index is 12.4. The SMILES string of the molecule is O=C(O)C1CSCN1C(=O)c1ccc(-n2cnnn2)cc1. The summed E-state index contributed by atoms with van der Waals surface area (Å²) in [7, 11) is 0. The summed E-state index contributed by atoms with van der Waals surface area (Å²) in [5.74, 6) is -0.441. The molecule has 1 aromatic carbocycles. The van der Waals surface area contributed by atoms with E-state index in [9.17, 15) is 9.59 Å². The van der Waals surface area contributed by atoms with Gasteiger partial charge in [-0.2, -0.15) is 0 Å². The van der Waals surface area contributed by atoms with Crippen LogP contribution in [0.3, 0.4) is 0 Å². The van der Waals surface area contributed by atoms with E-state index in [1.54, 1.807) is 24.3 Å². The average Bonchev–Trinajstić information content (AvgIpc) is 3.18. The predicted molar refractivity (Wildman–Crippen MR) is 74.1 cm³/mol. The van der Waals surface area contributed by atoms with Gasteiger partial charge >= 0.3 is 5.97 Å². The summed E-state index contributed by atoms with van der Waals surface area (Å²) < 4.78 is 1.47.